The Balaban J connectivity index is 1.91. The number of halogens is 1. The number of nitrogen functional groups attached to an aromatic ring is 2. The Labute approximate surface area is 130 Å². The summed E-state index contributed by atoms with van der Waals surface area (Å²) in [7, 11) is 0. The third-order valence-corrected chi connectivity index (χ3v) is 3.87. The van der Waals surface area contributed by atoms with Gasteiger partial charge in [0, 0.05) is 11.1 Å². The van der Waals surface area contributed by atoms with Gasteiger partial charge in [-0.2, -0.15) is 15.0 Å². The number of hydrogen-bond donors (Lipinski definition) is 2. The molecule has 0 aliphatic heterocycles. The molecule has 0 fully saturated rings. The van der Waals surface area contributed by atoms with Crippen LogP contribution in [0.3, 0.4) is 0 Å². The molecule has 3 rings (SSSR count). The molecule has 2 aromatic heterocycles. The monoisotopic (exact) mass is 318 g/mol. The van der Waals surface area contributed by atoms with Gasteiger partial charge in [0.1, 0.15) is 5.15 Å². The second kappa shape index (κ2) is 5.71. The first-order chi connectivity index (χ1) is 10.1. The predicted molar refractivity (Wildman–Crippen MR) is 85.0 cm³/mol. The third-order valence-electron chi connectivity index (χ3n) is 2.78. The van der Waals surface area contributed by atoms with E-state index >= 15 is 0 Å². The van der Waals surface area contributed by atoms with Crippen LogP contribution >= 0.6 is 23.4 Å². The number of fused-ring (bicyclic) bond motifs is 1. The van der Waals surface area contributed by atoms with Crippen LogP contribution in [0.15, 0.2) is 35.5 Å². The van der Waals surface area contributed by atoms with Crippen LogP contribution in [0.1, 0.15) is 5.56 Å². The lowest BCUT2D eigenvalue weighted by Gasteiger charge is -2.06. The molecule has 0 unspecified atom stereocenters. The predicted octanol–water partition coefficient (Wildman–Crippen LogP) is 2.53. The number of nitrogens with zero attached hydrogens (tertiary/aromatic N) is 4. The smallest absolute Gasteiger partial charge is 0.225 e. The van der Waals surface area contributed by atoms with Crippen LogP contribution < -0.4 is 11.5 Å². The van der Waals surface area contributed by atoms with Crippen molar-refractivity contribution in [3.63, 3.8) is 0 Å². The SMILES string of the molecule is Nc1nc(N)nc(SCc2cc(Cl)nc3ccccc23)n1. The maximum Gasteiger partial charge on any atom is 0.225 e. The quantitative estimate of drug-likeness (QED) is 0.565. The van der Waals surface area contributed by atoms with E-state index in [4.69, 9.17) is 23.1 Å². The van der Waals surface area contributed by atoms with Crippen molar-refractivity contribution in [1.29, 1.82) is 0 Å². The molecule has 106 valence electrons. The summed E-state index contributed by atoms with van der Waals surface area (Å²) in [6, 6.07) is 9.66. The summed E-state index contributed by atoms with van der Waals surface area (Å²) in [5, 5.41) is 1.99. The maximum absolute atomic E-state index is 6.05. The van der Waals surface area contributed by atoms with Gasteiger partial charge in [0.15, 0.2) is 5.16 Å². The lowest BCUT2D eigenvalue weighted by Crippen LogP contribution is -2.03. The van der Waals surface area contributed by atoms with Crippen LogP contribution in [0.2, 0.25) is 5.15 Å². The summed E-state index contributed by atoms with van der Waals surface area (Å²) in [5.74, 6) is 0.858. The van der Waals surface area contributed by atoms with Crippen molar-refractivity contribution in [2.45, 2.75) is 10.9 Å². The number of aromatic nitrogens is 4. The van der Waals surface area contributed by atoms with Gasteiger partial charge in [-0.1, -0.05) is 41.6 Å². The highest BCUT2D eigenvalue weighted by atomic mass is 35.5. The Bertz CT molecular complexity index is 790. The summed E-state index contributed by atoms with van der Waals surface area (Å²) in [5.41, 5.74) is 13.0. The molecule has 0 radical (unpaired) electrons. The van der Waals surface area contributed by atoms with Crippen molar-refractivity contribution in [1.82, 2.24) is 19.9 Å². The van der Waals surface area contributed by atoms with Crippen molar-refractivity contribution in [3.05, 3.63) is 41.0 Å². The zero-order valence-electron chi connectivity index (χ0n) is 10.8. The van der Waals surface area contributed by atoms with Crippen molar-refractivity contribution in [2.75, 3.05) is 11.5 Å². The second-order valence-corrected chi connectivity index (χ2v) is 5.57. The van der Waals surface area contributed by atoms with E-state index in [0.29, 0.717) is 16.1 Å². The van der Waals surface area contributed by atoms with Crippen LogP contribution in [0, 0.1) is 0 Å². The van der Waals surface area contributed by atoms with E-state index in [1.165, 1.54) is 11.8 Å². The second-order valence-electron chi connectivity index (χ2n) is 4.24. The minimum Gasteiger partial charge on any atom is -0.368 e. The fraction of sp³-hybridized carbons (Fsp3) is 0.0769. The lowest BCUT2D eigenvalue weighted by atomic mass is 10.1. The molecule has 2 heterocycles. The highest BCUT2D eigenvalue weighted by Gasteiger charge is 2.08. The summed E-state index contributed by atoms with van der Waals surface area (Å²) >= 11 is 7.47. The van der Waals surface area contributed by atoms with Crippen LogP contribution in [0.5, 0.6) is 0 Å². The van der Waals surface area contributed by atoms with Gasteiger partial charge in [0.2, 0.25) is 11.9 Å². The summed E-state index contributed by atoms with van der Waals surface area (Å²) in [4.78, 5) is 16.1. The number of para-hydroxylation sites is 1. The standard InChI is InChI=1S/C13H11ClN6S/c14-10-5-7(8-3-1-2-4-9(8)17-10)6-21-13-19-11(15)18-12(16)20-13/h1-5H,6H2,(H4,15,16,18,19,20). The van der Waals surface area contributed by atoms with Crippen molar-refractivity contribution >= 4 is 46.2 Å². The van der Waals surface area contributed by atoms with Gasteiger partial charge in [-0.15, -0.1) is 0 Å². The van der Waals surface area contributed by atoms with Crippen LogP contribution in [0.25, 0.3) is 10.9 Å². The van der Waals surface area contributed by atoms with E-state index in [1.54, 1.807) is 0 Å². The lowest BCUT2D eigenvalue weighted by molar-refractivity contribution is 0.929. The topological polar surface area (TPSA) is 104 Å². The molecule has 0 saturated carbocycles. The van der Waals surface area contributed by atoms with Gasteiger partial charge in [-0.25, -0.2) is 4.98 Å². The molecule has 21 heavy (non-hydrogen) atoms. The molecule has 3 aromatic rings. The normalized spacial score (nSPS) is 10.9. The number of thioether (sulfide) groups is 1. The first kappa shape index (κ1) is 13.8. The van der Waals surface area contributed by atoms with Crippen LogP contribution in [0.4, 0.5) is 11.9 Å². The summed E-state index contributed by atoms with van der Waals surface area (Å²) < 4.78 is 0. The highest BCUT2D eigenvalue weighted by Crippen LogP contribution is 2.27. The minimum atomic E-state index is 0.114. The number of benzene rings is 1. The summed E-state index contributed by atoms with van der Waals surface area (Å²) in [6.07, 6.45) is 0. The van der Waals surface area contributed by atoms with E-state index in [9.17, 15) is 0 Å². The van der Waals surface area contributed by atoms with Gasteiger partial charge in [0.25, 0.3) is 0 Å². The number of pyridine rings is 1. The fourth-order valence-corrected chi connectivity index (χ4v) is 2.99. The van der Waals surface area contributed by atoms with E-state index in [-0.39, 0.29) is 11.9 Å². The number of anilines is 2. The number of hydrogen-bond acceptors (Lipinski definition) is 7. The van der Waals surface area contributed by atoms with E-state index in [2.05, 4.69) is 19.9 Å². The molecule has 1 aromatic carbocycles. The molecular formula is C13H11ClN6S. The highest BCUT2D eigenvalue weighted by molar-refractivity contribution is 7.98. The molecule has 0 bridgehead atoms. The largest absolute Gasteiger partial charge is 0.368 e. The molecule has 0 aliphatic carbocycles. The Morgan fingerprint density at radius 3 is 2.48 bits per heavy atom. The van der Waals surface area contributed by atoms with Gasteiger partial charge in [-0.3, -0.25) is 0 Å². The molecule has 6 nitrogen and oxygen atoms in total. The summed E-state index contributed by atoms with van der Waals surface area (Å²) in [6.45, 7) is 0. The Morgan fingerprint density at radius 2 is 1.71 bits per heavy atom. The maximum atomic E-state index is 6.05. The number of nitrogens with two attached hydrogens (primary N) is 2. The van der Waals surface area contributed by atoms with E-state index in [0.717, 1.165) is 16.5 Å². The fourth-order valence-electron chi connectivity index (χ4n) is 1.93. The molecule has 4 N–H and O–H groups in total. The molecular weight excluding hydrogens is 308 g/mol. The van der Waals surface area contributed by atoms with Gasteiger partial charge in [0.05, 0.1) is 5.52 Å². The van der Waals surface area contributed by atoms with Crippen LogP contribution in [-0.4, -0.2) is 19.9 Å². The van der Waals surface area contributed by atoms with Crippen molar-refractivity contribution < 1.29 is 0 Å². The van der Waals surface area contributed by atoms with Gasteiger partial charge in [-0.05, 0) is 17.7 Å². The molecule has 0 amide bonds. The Morgan fingerprint density at radius 1 is 1.00 bits per heavy atom. The first-order valence-corrected chi connectivity index (χ1v) is 7.42. The molecule has 0 saturated heterocycles. The first-order valence-electron chi connectivity index (χ1n) is 6.06. The van der Waals surface area contributed by atoms with Gasteiger partial charge < -0.3 is 11.5 Å². The third kappa shape index (κ3) is 3.14. The average molecular weight is 319 g/mol. The molecule has 8 heteroatoms. The Kier molecular flexibility index (Phi) is 3.76. The number of rotatable bonds is 3. The zero-order chi connectivity index (χ0) is 14.8. The van der Waals surface area contributed by atoms with Crippen molar-refractivity contribution in [3.8, 4) is 0 Å². The molecule has 0 aliphatic rings. The van der Waals surface area contributed by atoms with E-state index in [1.807, 2.05) is 30.3 Å². The molecule has 0 atom stereocenters. The van der Waals surface area contributed by atoms with Crippen molar-refractivity contribution in [2.24, 2.45) is 0 Å². The Hall–Kier alpha value is -2.12. The minimum absolute atomic E-state index is 0.114. The average Bonchev–Trinajstić information content (AvgIpc) is 2.43. The molecule has 0 spiro atoms. The van der Waals surface area contributed by atoms with E-state index < -0.39 is 0 Å². The van der Waals surface area contributed by atoms with Gasteiger partial charge >= 0.3 is 0 Å². The van der Waals surface area contributed by atoms with Crippen LogP contribution in [-0.2, 0) is 5.75 Å². The zero-order valence-corrected chi connectivity index (χ0v) is 12.4.